The Bertz CT molecular complexity index is 1050. The molecule has 0 unspecified atom stereocenters. The molecule has 1 aliphatic rings. The number of nitrogens with zero attached hydrogens (tertiary/aromatic N) is 1. The lowest BCUT2D eigenvalue weighted by Gasteiger charge is -2.32. The fourth-order valence-electron chi connectivity index (χ4n) is 5.05. The van der Waals surface area contributed by atoms with Crippen LogP contribution in [0.25, 0.3) is 22.0 Å². The van der Waals surface area contributed by atoms with Crippen LogP contribution in [0.15, 0.2) is 48.7 Å². The maximum atomic E-state index is 2.61. The minimum absolute atomic E-state index is 0.153. The first-order chi connectivity index (χ1) is 13.7. The average molecular weight is 403 g/mol. The smallest absolute Gasteiger partial charge is 0.200 e. The Hall–Kier alpha value is -1.93. The second-order valence-corrected chi connectivity index (χ2v) is 15.2. The molecule has 0 radical (unpaired) electrons. The summed E-state index contributed by atoms with van der Waals surface area (Å²) >= 11 is 0. The zero-order valence-corrected chi connectivity index (χ0v) is 20.1. The Morgan fingerprint density at radius 2 is 1.62 bits per heavy atom. The fraction of sp³-hybridized carbons (Fsp3) is 0.444. The second-order valence-electron chi connectivity index (χ2n) is 10.5. The van der Waals surface area contributed by atoms with Crippen LogP contribution >= 0.6 is 0 Å². The molecule has 152 valence electrons. The Balaban J connectivity index is 1.89. The van der Waals surface area contributed by atoms with Gasteiger partial charge in [0.05, 0.1) is 13.5 Å². The van der Waals surface area contributed by atoms with Gasteiger partial charge in [-0.05, 0) is 41.0 Å². The first-order valence-electron chi connectivity index (χ1n) is 11.2. The number of benzene rings is 2. The van der Waals surface area contributed by atoms with Gasteiger partial charge in [-0.15, -0.1) is 0 Å². The van der Waals surface area contributed by atoms with Crippen molar-refractivity contribution in [1.29, 1.82) is 0 Å². The van der Waals surface area contributed by atoms with Crippen molar-refractivity contribution in [2.45, 2.75) is 71.0 Å². The quantitative estimate of drug-likeness (QED) is 0.344. The maximum Gasteiger partial charge on any atom is 0.220 e. The Morgan fingerprint density at radius 3 is 2.31 bits per heavy atom. The largest absolute Gasteiger partial charge is 0.220 e. The average Bonchev–Trinajstić information content (AvgIpc) is 2.68. The van der Waals surface area contributed by atoms with Crippen LogP contribution in [0.1, 0.15) is 51.2 Å². The van der Waals surface area contributed by atoms with Crippen LogP contribution < -0.4 is 9.75 Å². The molecule has 0 spiro atoms. The number of fused-ring (bicyclic) bond motifs is 1. The van der Waals surface area contributed by atoms with Gasteiger partial charge in [-0.3, -0.25) is 0 Å². The zero-order chi connectivity index (χ0) is 20.8. The number of aromatic nitrogens is 1. The van der Waals surface area contributed by atoms with E-state index in [9.17, 15) is 0 Å². The SMILES string of the molecule is Cc1ccc(C(C)(C)C)cc1-c1c2ccc([Si]3(C)CCCCC3)cc2cc[n+]1C. The summed E-state index contributed by atoms with van der Waals surface area (Å²) in [5.41, 5.74) is 5.60. The number of pyridine rings is 1. The number of aryl methyl sites for hydroxylation is 2. The summed E-state index contributed by atoms with van der Waals surface area (Å²) in [7, 11) is 0.892. The lowest BCUT2D eigenvalue weighted by atomic mass is 9.84. The van der Waals surface area contributed by atoms with Crippen molar-refractivity contribution in [2.75, 3.05) is 0 Å². The van der Waals surface area contributed by atoms with Gasteiger partial charge in [0.1, 0.15) is 7.05 Å². The molecule has 0 N–H and O–H groups in total. The van der Waals surface area contributed by atoms with E-state index in [1.54, 1.807) is 5.19 Å². The molecule has 2 heterocycles. The fourth-order valence-corrected chi connectivity index (χ4v) is 8.93. The minimum atomic E-state index is -1.29. The normalized spacial score (nSPS) is 16.9. The molecule has 0 amide bonds. The molecule has 0 atom stereocenters. The molecule has 4 rings (SSSR count). The topological polar surface area (TPSA) is 3.88 Å². The standard InChI is InChI=1S/C27H36NSi/c1-20-10-11-22(27(2,3)4)19-25(20)26-24-13-12-23(18-21(24)14-15-28(26)5)29(6)16-8-7-9-17-29/h10-15,18-19H,7-9,16-17H2,1-6H3/q+1. The van der Waals surface area contributed by atoms with E-state index in [1.165, 1.54) is 64.5 Å². The summed E-state index contributed by atoms with van der Waals surface area (Å²) in [6.07, 6.45) is 6.53. The second kappa shape index (κ2) is 7.39. The Kier molecular flexibility index (Phi) is 5.19. The number of hydrogen-bond acceptors (Lipinski definition) is 0. The van der Waals surface area contributed by atoms with Crippen molar-refractivity contribution in [3.05, 3.63) is 59.8 Å². The molecule has 29 heavy (non-hydrogen) atoms. The summed E-state index contributed by atoms with van der Waals surface area (Å²) in [5, 5.41) is 4.43. The van der Waals surface area contributed by atoms with Crippen LogP contribution in [0.5, 0.6) is 0 Å². The van der Waals surface area contributed by atoms with Crippen LogP contribution in [0.2, 0.25) is 18.6 Å². The van der Waals surface area contributed by atoms with Gasteiger partial charge in [0.15, 0.2) is 6.20 Å². The van der Waals surface area contributed by atoms with Crippen LogP contribution in [0.3, 0.4) is 0 Å². The number of rotatable bonds is 2. The molecule has 1 fully saturated rings. The third kappa shape index (κ3) is 3.80. The molecule has 0 bridgehead atoms. The van der Waals surface area contributed by atoms with Crippen molar-refractivity contribution in [1.82, 2.24) is 0 Å². The molecule has 2 aromatic carbocycles. The summed E-state index contributed by atoms with van der Waals surface area (Å²) in [6.45, 7) is 11.7. The van der Waals surface area contributed by atoms with E-state index in [1.807, 2.05) is 0 Å². The lowest BCUT2D eigenvalue weighted by molar-refractivity contribution is -0.659. The molecule has 0 aliphatic carbocycles. The maximum absolute atomic E-state index is 2.61. The molecular weight excluding hydrogens is 366 g/mol. The van der Waals surface area contributed by atoms with Gasteiger partial charge in [0.25, 0.3) is 0 Å². The van der Waals surface area contributed by atoms with E-state index in [0.717, 1.165) is 0 Å². The third-order valence-corrected chi connectivity index (χ3v) is 11.8. The van der Waals surface area contributed by atoms with Crippen molar-refractivity contribution in [3.63, 3.8) is 0 Å². The van der Waals surface area contributed by atoms with Crippen molar-refractivity contribution < 1.29 is 4.57 Å². The van der Waals surface area contributed by atoms with Gasteiger partial charge in [-0.1, -0.05) is 88.1 Å². The van der Waals surface area contributed by atoms with Gasteiger partial charge in [0.2, 0.25) is 5.69 Å². The van der Waals surface area contributed by atoms with Gasteiger partial charge in [-0.25, -0.2) is 4.57 Å². The highest BCUT2D eigenvalue weighted by Gasteiger charge is 2.31. The molecule has 1 aliphatic heterocycles. The summed E-state index contributed by atoms with van der Waals surface area (Å²) < 4.78 is 2.30. The Morgan fingerprint density at radius 1 is 0.897 bits per heavy atom. The highest BCUT2D eigenvalue weighted by atomic mass is 28.3. The first kappa shape index (κ1) is 20.3. The van der Waals surface area contributed by atoms with Gasteiger partial charge in [0, 0.05) is 11.6 Å². The van der Waals surface area contributed by atoms with Crippen LogP contribution in [0, 0.1) is 6.92 Å². The van der Waals surface area contributed by atoms with Crippen molar-refractivity contribution in [2.24, 2.45) is 7.05 Å². The minimum Gasteiger partial charge on any atom is -0.200 e. The lowest BCUT2D eigenvalue weighted by Crippen LogP contribution is -2.45. The molecule has 2 heteroatoms. The van der Waals surface area contributed by atoms with Gasteiger partial charge < -0.3 is 0 Å². The highest BCUT2D eigenvalue weighted by Crippen LogP contribution is 2.33. The molecule has 1 aromatic heterocycles. The van der Waals surface area contributed by atoms with Crippen LogP contribution in [-0.4, -0.2) is 8.07 Å². The van der Waals surface area contributed by atoms with Gasteiger partial charge in [-0.2, -0.15) is 0 Å². The monoisotopic (exact) mass is 402 g/mol. The zero-order valence-electron chi connectivity index (χ0n) is 19.1. The number of hydrogen-bond donors (Lipinski definition) is 0. The molecular formula is C27H36NSi+. The van der Waals surface area contributed by atoms with E-state index in [0.29, 0.717) is 0 Å². The summed E-state index contributed by atoms with van der Waals surface area (Å²) in [4.78, 5) is 0. The van der Waals surface area contributed by atoms with Crippen molar-refractivity contribution >= 4 is 24.0 Å². The molecule has 3 aromatic rings. The molecule has 0 saturated carbocycles. The predicted molar refractivity (Wildman–Crippen MR) is 129 cm³/mol. The highest BCUT2D eigenvalue weighted by molar-refractivity contribution is 6.91. The molecule has 1 saturated heterocycles. The predicted octanol–water partition coefficient (Wildman–Crippen LogP) is 6.41. The van der Waals surface area contributed by atoms with Gasteiger partial charge >= 0.3 is 0 Å². The molecule has 1 nitrogen and oxygen atoms in total. The van der Waals surface area contributed by atoms with Crippen LogP contribution in [0.4, 0.5) is 0 Å². The third-order valence-electron chi connectivity index (χ3n) is 7.15. The van der Waals surface area contributed by atoms with Crippen LogP contribution in [-0.2, 0) is 12.5 Å². The summed E-state index contributed by atoms with van der Waals surface area (Å²) in [5.74, 6) is 0. The van der Waals surface area contributed by atoms with E-state index < -0.39 is 8.07 Å². The van der Waals surface area contributed by atoms with Crippen molar-refractivity contribution in [3.8, 4) is 11.3 Å². The van der Waals surface area contributed by atoms with E-state index in [2.05, 4.69) is 94.5 Å². The Labute approximate surface area is 177 Å². The van der Waals surface area contributed by atoms with E-state index in [-0.39, 0.29) is 5.41 Å². The summed E-state index contributed by atoms with van der Waals surface area (Å²) in [6, 6.07) is 19.6. The van der Waals surface area contributed by atoms with E-state index in [4.69, 9.17) is 0 Å². The van der Waals surface area contributed by atoms with E-state index >= 15 is 0 Å². The first-order valence-corrected chi connectivity index (χ1v) is 14.1.